The lowest BCUT2D eigenvalue weighted by atomic mass is 10.1. The summed E-state index contributed by atoms with van der Waals surface area (Å²) in [6.07, 6.45) is -3.04. The van der Waals surface area contributed by atoms with Crippen molar-refractivity contribution in [2.45, 2.75) is 25.2 Å². The fourth-order valence-corrected chi connectivity index (χ4v) is 2.75. The van der Waals surface area contributed by atoms with Gasteiger partial charge in [0.25, 0.3) is 5.91 Å². The number of benzene rings is 2. The quantitative estimate of drug-likeness (QED) is 0.582. The van der Waals surface area contributed by atoms with Gasteiger partial charge in [0.2, 0.25) is 5.89 Å². The molecule has 152 valence electrons. The molecule has 3 aromatic rings. The van der Waals surface area contributed by atoms with Gasteiger partial charge in [-0.1, -0.05) is 30.3 Å². The first-order chi connectivity index (χ1) is 13.7. The van der Waals surface area contributed by atoms with E-state index in [2.05, 4.69) is 10.3 Å². The van der Waals surface area contributed by atoms with Crippen molar-refractivity contribution in [2.75, 3.05) is 0 Å². The molecule has 2 aromatic carbocycles. The molecule has 0 aliphatic heterocycles. The topological polar surface area (TPSA) is 101 Å². The standard InChI is InChI=1S/C20H18F3N3O3/c21-20(22,23)15-4-2-1-3-13(15)10-25-18(28)17-11-29-19(26-17)16(24)9-12-5-7-14(27)8-6-12/h1-8,11,16,27H,9-10,24H2,(H,25,28). The van der Waals surface area contributed by atoms with E-state index in [9.17, 15) is 23.1 Å². The normalized spacial score (nSPS) is 12.6. The number of hydrogen-bond acceptors (Lipinski definition) is 5. The zero-order valence-electron chi connectivity index (χ0n) is 15.1. The summed E-state index contributed by atoms with van der Waals surface area (Å²) in [5.74, 6) is -0.419. The minimum absolute atomic E-state index is 0.0545. The summed E-state index contributed by atoms with van der Waals surface area (Å²) < 4.78 is 44.3. The highest BCUT2D eigenvalue weighted by molar-refractivity contribution is 5.91. The molecule has 0 fully saturated rings. The van der Waals surface area contributed by atoms with Gasteiger partial charge in [-0.25, -0.2) is 4.98 Å². The summed E-state index contributed by atoms with van der Waals surface area (Å²) in [7, 11) is 0. The number of alkyl halides is 3. The number of halogens is 3. The summed E-state index contributed by atoms with van der Waals surface area (Å²) in [6, 6.07) is 10.8. The largest absolute Gasteiger partial charge is 0.508 e. The third-order valence-corrected chi connectivity index (χ3v) is 4.23. The Morgan fingerprint density at radius 2 is 1.86 bits per heavy atom. The molecule has 1 heterocycles. The maximum absolute atomic E-state index is 13.0. The lowest BCUT2D eigenvalue weighted by Crippen LogP contribution is -2.25. The Morgan fingerprint density at radius 3 is 2.55 bits per heavy atom. The number of aromatic hydroxyl groups is 1. The second kappa shape index (κ2) is 8.36. The minimum atomic E-state index is -4.51. The summed E-state index contributed by atoms with van der Waals surface area (Å²) in [4.78, 5) is 16.3. The van der Waals surface area contributed by atoms with Gasteiger partial charge in [-0.05, 0) is 35.7 Å². The molecule has 0 saturated heterocycles. The van der Waals surface area contributed by atoms with Crippen LogP contribution in [-0.4, -0.2) is 16.0 Å². The highest BCUT2D eigenvalue weighted by atomic mass is 19.4. The Labute approximate surface area is 164 Å². The number of nitrogens with zero attached hydrogens (tertiary/aromatic N) is 1. The van der Waals surface area contributed by atoms with E-state index >= 15 is 0 Å². The number of amides is 1. The van der Waals surface area contributed by atoms with Gasteiger partial charge in [0.1, 0.15) is 12.0 Å². The van der Waals surface area contributed by atoms with Gasteiger partial charge < -0.3 is 20.6 Å². The molecule has 1 atom stereocenters. The first-order valence-corrected chi connectivity index (χ1v) is 8.66. The molecule has 0 spiro atoms. The molecular formula is C20H18F3N3O3. The average Bonchev–Trinajstić information content (AvgIpc) is 3.18. The van der Waals surface area contributed by atoms with Crippen LogP contribution in [0.1, 0.15) is 39.1 Å². The van der Waals surface area contributed by atoms with Gasteiger partial charge >= 0.3 is 6.18 Å². The summed E-state index contributed by atoms with van der Waals surface area (Å²) in [5, 5.41) is 11.7. The predicted molar refractivity (Wildman–Crippen MR) is 97.9 cm³/mol. The number of carbonyl (C=O) groups is 1. The SMILES string of the molecule is NC(Cc1ccc(O)cc1)c1nc(C(=O)NCc2ccccc2C(F)(F)F)co1. The van der Waals surface area contributed by atoms with Crippen LogP contribution in [0, 0.1) is 0 Å². The zero-order valence-corrected chi connectivity index (χ0v) is 15.1. The fraction of sp³-hybridized carbons (Fsp3) is 0.200. The highest BCUT2D eigenvalue weighted by Gasteiger charge is 2.32. The van der Waals surface area contributed by atoms with Crippen molar-refractivity contribution >= 4 is 5.91 Å². The Bertz CT molecular complexity index is 984. The van der Waals surface area contributed by atoms with Crippen molar-refractivity contribution in [2.24, 2.45) is 5.73 Å². The van der Waals surface area contributed by atoms with Gasteiger partial charge in [0.05, 0.1) is 11.6 Å². The Morgan fingerprint density at radius 1 is 1.17 bits per heavy atom. The van der Waals surface area contributed by atoms with Crippen LogP contribution in [0.2, 0.25) is 0 Å². The number of oxazole rings is 1. The monoisotopic (exact) mass is 405 g/mol. The molecule has 4 N–H and O–H groups in total. The van der Waals surface area contributed by atoms with E-state index in [0.29, 0.717) is 6.42 Å². The van der Waals surface area contributed by atoms with Crippen LogP contribution >= 0.6 is 0 Å². The number of phenolic OH excluding ortho intramolecular Hbond substituents is 1. The predicted octanol–water partition coefficient (Wildman–Crippen LogP) is 3.57. The lowest BCUT2D eigenvalue weighted by Gasteiger charge is -2.12. The van der Waals surface area contributed by atoms with Gasteiger partial charge in [-0.15, -0.1) is 0 Å². The van der Waals surface area contributed by atoms with Crippen molar-refractivity contribution in [3.8, 4) is 5.75 Å². The number of nitrogens with two attached hydrogens (primary N) is 1. The van der Waals surface area contributed by atoms with Crippen LogP contribution in [0.15, 0.2) is 59.2 Å². The van der Waals surface area contributed by atoms with E-state index in [1.165, 1.54) is 30.3 Å². The van der Waals surface area contributed by atoms with E-state index in [1.807, 2.05) is 0 Å². The first-order valence-electron chi connectivity index (χ1n) is 8.66. The minimum Gasteiger partial charge on any atom is -0.508 e. The van der Waals surface area contributed by atoms with Gasteiger partial charge in [-0.3, -0.25) is 4.79 Å². The highest BCUT2D eigenvalue weighted by Crippen LogP contribution is 2.31. The molecule has 29 heavy (non-hydrogen) atoms. The summed E-state index contributed by atoms with van der Waals surface area (Å²) >= 11 is 0. The van der Waals surface area contributed by atoms with Crippen LogP contribution in [-0.2, 0) is 19.1 Å². The Hall–Kier alpha value is -3.33. The van der Waals surface area contributed by atoms with Crippen LogP contribution in [0.5, 0.6) is 5.75 Å². The van der Waals surface area contributed by atoms with Crippen LogP contribution in [0.3, 0.4) is 0 Å². The van der Waals surface area contributed by atoms with E-state index in [1.54, 1.807) is 12.1 Å². The zero-order chi connectivity index (χ0) is 21.0. The molecule has 0 aliphatic rings. The van der Waals surface area contributed by atoms with Crippen molar-refractivity contribution in [3.05, 3.63) is 83.1 Å². The van der Waals surface area contributed by atoms with Crippen LogP contribution < -0.4 is 11.1 Å². The molecule has 1 unspecified atom stereocenters. The molecule has 6 nitrogen and oxygen atoms in total. The van der Waals surface area contributed by atoms with E-state index in [-0.39, 0.29) is 29.4 Å². The van der Waals surface area contributed by atoms with Crippen LogP contribution in [0.4, 0.5) is 13.2 Å². The van der Waals surface area contributed by atoms with Crippen molar-refractivity contribution in [3.63, 3.8) is 0 Å². The second-order valence-electron chi connectivity index (χ2n) is 6.39. The third-order valence-electron chi connectivity index (χ3n) is 4.23. The molecule has 9 heteroatoms. The first kappa shape index (κ1) is 20.4. The molecule has 1 amide bonds. The molecule has 1 aromatic heterocycles. The Kier molecular flexibility index (Phi) is 5.88. The molecule has 3 rings (SSSR count). The lowest BCUT2D eigenvalue weighted by molar-refractivity contribution is -0.138. The molecule has 0 aliphatic carbocycles. The molecule has 0 radical (unpaired) electrons. The number of carbonyl (C=O) groups excluding carboxylic acids is 1. The Balaban J connectivity index is 1.63. The maximum Gasteiger partial charge on any atom is 0.416 e. The number of aromatic nitrogens is 1. The second-order valence-corrected chi connectivity index (χ2v) is 6.39. The summed E-state index contributed by atoms with van der Waals surface area (Å²) in [6.45, 7) is -0.309. The number of phenols is 1. The molecular weight excluding hydrogens is 387 g/mol. The van der Waals surface area contributed by atoms with Crippen LogP contribution in [0.25, 0.3) is 0 Å². The van der Waals surface area contributed by atoms with E-state index in [0.717, 1.165) is 17.9 Å². The summed E-state index contributed by atoms with van der Waals surface area (Å²) in [5.41, 5.74) is 5.93. The smallest absolute Gasteiger partial charge is 0.416 e. The molecule has 0 bridgehead atoms. The van der Waals surface area contributed by atoms with Gasteiger partial charge in [-0.2, -0.15) is 13.2 Å². The van der Waals surface area contributed by atoms with Crippen molar-refractivity contribution < 1.29 is 27.5 Å². The van der Waals surface area contributed by atoms with E-state index in [4.69, 9.17) is 10.2 Å². The van der Waals surface area contributed by atoms with Gasteiger partial charge in [0, 0.05) is 6.54 Å². The van der Waals surface area contributed by atoms with Gasteiger partial charge in [0.15, 0.2) is 5.69 Å². The van der Waals surface area contributed by atoms with Crippen molar-refractivity contribution in [1.29, 1.82) is 0 Å². The van der Waals surface area contributed by atoms with Crippen molar-refractivity contribution in [1.82, 2.24) is 10.3 Å². The average molecular weight is 405 g/mol. The third kappa shape index (κ3) is 5.14. The fourth-order valence-electron chi connectivity index (χ4n) is 2.75. The molecule has 0 saturated carbocycles. The number of nitrogens with one attached hydrogen (secondary N) is 1. The number of rotatable bonds is 6. The van der Waals surface area contributed by atoms with E-state index < -0.39 is 23.7 Å². The number of hydrogen-bond donors (Lipinski definition) is 3. The maximum atomic E-state index is 13.0.